The maximum absolute atomic E-state index is 4.11. The lowest BCUT2D eigenvalue weighted by molar-refractivity contribution is 0.438. The molecular formula is C16H18N2. The highest BCUT2D eigenvalue weighted by molar-refractivity contribution is 5.60. The average Bonchev–Trinajstić information content (AvgIpc) is 2.94. The van der Waals surface area contributed by atoms with Gasteiger partial charge in [0.1, 0.15) is 0 Å². The average molecular weight is 238 g/mol. The van der Waals surface area contributed by atoms with Gasteiger partial charge >= 0.3 is 0 Å². The van der Waals surface area contributed by atoms with Crippen LogP contribution in [0.25, 0.3) is 0 Å². The minimum atomic E-state index is 1.02. The molecule has 92 valence electrons. The summed E-state index contributed by atoms with van der Waals surface area (Å²) >= 11 is 0. The van der Waals surface area contributed by atoms with Crippen molar-refractivity contribution in [2.45, 2.75) is 12.8 Å². The standard InChI is InChI=1S/C16H18N2/c1-14-9-10-16(17-11-5-6-12-17)13-18(14)15-7-3-2-4-8-15/h2-4,7-10,13H,1,5-6,11-12H2. The summed E-state index contributed by atoms with van der Waals surface area (Å²) in [5.74, 6) is 0. The first-order valence-electron chi connectivity index (χ1n) is 6.53. The third-order valence-electron chi connectivity index (χ3n) is 3.52. The Bertz CT molecular complexity index is 493. The van der Waals surface area contributed by atoms with Crippen molar-refractivity contribution in [3.63, 3.8) is 0 Å². The Labute approximate surface area is 109 Å². The Kier molecular flexibility index (Phi) is 2.93. The molecule has 2 heteroatoms. The van der Waals surface area contributed by atoms with Crippen LogP contribution in [0.15, 0.2) is 66.7 Å². The van der Waals surface area contributed by atoms with Crippen molar-refractivity contribution < 1.29 is 0 Å². The van der Waals surface area contributed by atoms with E-state index in [0.29, 0.717) is 0 Å². The molecule has 0 saturated carbocycles. The predicted molar refractivity (Wildman–Crippen MR) is 76.1 cm³/mol. The Balaban J connectivity index is 1.89. The molecule has 0 aliphatic carbocycles. The van der Waals surface area contributed by atoms with Gasteiger partial charge in [0.2, 0.25) is 0 Å². The van der Waals surface area contributed by atoms with Gasteiger partial charge in [-0.3, -0.25) is 0 Å². The lowest BCUT2D eigenvalue weighted by Crippen LogP contribution is -2.24. The van der Waals surface area contributed by atoms with Crippen LogP contribution in [0.3, 0.4) is 0 Å². The molecule has 2 heterocycles. The number of anilines is 1. The molecule has 1 aromatic carbocycles. The van der Waals surface area contributed by atoms with E-state index >= 15 is 0 Å². The third kappa shape index (κ3) is 2.06. The fourth-order valence-corrected chi connectivity index (χ4v) is 2.51. The van der Waals surface area contributed by atoms with Crippen LogP contribution in [0.5, 0.6) is 0 Å². The van der Waals surface area contributed by atoms with Gasteiger partial charge in [-0.2, -0.15) is 0 Å². The van der Waals surface area contributed by atoms with Crippen molar-refractivity contribution in [2.75, 3.05) is 18.0 Å². The first-order chi connectivity index (χ1) is 8.84. The van der Waals surface area contributed by atoms with Crippen LogP contribution in [-0.2, 0) is 0 Å². The summed E-state index contributed by atoms with van der Waals surface area (Å²) in [7, 11) is 0. The molecule has 0 aromatic heterocycles. The zero-order chi connectivity index (χ0) is 12.4. The smallest absolute Gasteiger partial charge is 0.0536 e. The minimum Gasteiger partial charge on any atom is -0.370 e. The molecule has 0 atom stereocenters. The molecule has 0 N–H and O–H groups in total. The Morgan fingerprint density at radius 1 is 0.944 bits per heavy atom. The van der Waals surface area contributed by atoms with Gasteiger partial charge in [0, 0.05) is 30.7 Å². The Hall–Kier alpha value is -1.96. The van der Waals surface area contributed by atoms with Gasteiger partial charge in [0.05, 0.1) is 5.70 Å². The van der Waals surface area contributed by atoms with Crippen molar-refractivity contribution in [3.05, 3.63) is 66.7 Å². The van der Waals surface area contributed by atoms with Crippen LogP contribution in [0.4, 0.5) is 5.69 Å². The van der Waals surface area contributed by atoms with Gasteiger partial charge in [0.15, 0.2) is 0 Å². The molecule has 0 unspecified atom stereocenters. The molecule has 3 rings (SSSR count). The number of hydrogen-bond acceptors (Lipinski definition) is 2. The van der Waals surface area contributed by atoms with E-state index in [2.05, 4.69) is 59.0 Å². The highest BCUT2D eigenvalue weighted by atomic mass is 15.2. The maximum atomic E-state index is 4.11. The molecule has 2 aliphatic rings. The van der Waals surface area contributed by atoms with Crippen LogP contribution < -0.4 is 4.90 Å². The number of nitrogens with zero attached hydrogens (tertiary/aromatic N) is 2. The topological polar surface area (TPSA) is 6.48 Å². The Morgan fingerprint density at radius 3 is 2.39 bits per heavy atom. The molecule has 1 aromatic rings. The second-order valence-electron chi connectivity index (χ2n) is 4.78. The molecule has 2 aliphatic heterocycles. The van der Waals surface area contributed by atoms with Gasteiger partial charge in [-0.1, -0.05) is 24.8 Å². The number of rotatable bonds is 2. The van der Waals surface area contributed by atoms with Crippen LogP contribution in [-0.4, -0.2) is 18.0 Å². The third-order valence-corrected chi connectivity index (χ3v) is 3.52. The number of likely N-dealkylation sites (tertiary alicyclic amines) is 1. The highest BCUT2D eigenvalue weighted by Crippen LogP contribution is 2.26. The van der Waals surface area contributed by atoms with E-state index in [1.165, 1.54) is 37.3 Å². The monoisotopic (exact) mass is 238 g/mol. The van der Waals surface area contributed by atoms with Gasteiger partial charge in [-0.25, -0.2) is 0 Å². The second-order valence-corrected chi connectivity index (χ2v) is 4.78. The van der Waals surface area contributed by atoms with E-state index in [4.69, 9.17) is 0 Å². The van der Waals surface area contributed by atoms with Crippen LogP contribution in [0.2, 0.25) is 0 Å². The molecule has 1 fully saturated rings. The van der Waals surface area contributed by atoms with E-state index in [9.17, 15) is 0 Å². The SMILES string of the molecule is C=C1C=CC(N2CCCC2)=CN1c1ccccc1. The molecule has 0 amide bonds. The molecule has 0 spiro atoms. The van der Waals surface area contributed by atoms with E-state index in [0.717, 1.165) is 5.70 Å². The van der Waals surface area contributed by atoms with E-state index in [1.807, 2.05) is 6.07 Å². The molecular weight excluding hydrogens is 220 g/mol. The maximum Gasteiger partial charge on any atom is 0.0536 e. The van der Waals surface area contributed by atoms with Crippen molar-refractivity contribution in [2.24, 2.45) is 0 Å². The second kappa shape index (κ2) is 4.73. The highest BCUT2D eigenvalue weighted by Gasteiger charge is 2.17. The molecule has 2 nitrogen and oxygen atoms in total. The van der Waals surface area contributed by atoms with E-state index in [-0.39, 0.29) is 0 Å². The Morgan fingerprint density at radius 2 is 1.67 bits per heavy atom. The lowest BCUT2D eigenvalue weighted by Gasteiger charge is -2.29. The summed E-state index contributed by atoms with van der Waals surface area (Å²) in [5, 5.41) is 0. The van der Waals surface area contributed by atoms with Crippen molar-refractivity contribution in [3.8, 4) is 0 Å². The molecule has 0 radical (unpaired) electrons. The zero-order valence-electron chi connectivity index (χ0n) is 10.5. The predicted octanol–water partition coefficient (Wildman–Crippen LogP) is 3.51. The summed E-state index contributed by atoms with van der Waals surface area (Å²) in [6.45, 7) is 6.45. The fourth-order valence-electron chi connectivity index (χ4n) is 2.51. The first kappa shape index (κ1) is 11.1. The summed E-state index contributed by atoms with van der Waals surface area (Å²) in [5.41, 5.74) is 3.48. The van der Waals surface area contributed by atoms with Gasteiger partial charge in [-0.05, 0) is 37.1 Å². The van der Waals surface area contributed by atoms with E-state index in [1.54, 1.807) is 0 Å². The largest absolute Gasteiger partial charge is 0.370 e. The first-order valence-corrected chi connectivity index (χ1v) is 6.53. The summed E-state index contributed by atoms with van der Waals surface area (Å²) in [6, 6.07) is 10.4. The summed E-state index contributed by atoms with van der Waals surface area (Å²) in [6.07, 6.45) is 9.08. The van der Waals surface area contributed by atoms with Crippen LogP contribution >= 0.6 is 0 Å². The quantitative estimate of drug-likeness (QED) is 0.778. The van der Waals surface area contributed by atoms with Gasteiger partial charge < -0.3 is 9.80 Å². The minimum absolute atomic E-state index is 1.02. The lowest BCUT2D eigenvalue weighted by atomic mass is 10.2. The number of benzene rings is 1. The molecule has 0 bridgehead atoms. The van der Waals surface area contributed by atoms with Crippen LogP contribution in [0.1, 0.15) is 12.8 Å². The van der Waals surface area contributed by atoms with Crippen LogP contribution in [0, 0.1) is 0 Å². The normalized spacial score (nSPS) is 19.3. The number of allylic oxidation sites excluding steroid dienone is 2. The molecule has 1 saturated heterocycles. The van der Waals surface area contributed by atoms with Gasteiger partial charge in [0.25, 0.3) is 0 Å². The zero-order valence-corrected chi connectivity index (χ0v) is 10.5. The number of para-hydroxylation sites is 1. The van der Waals surface area contributed by atoms with E-state index < -0.39 is 0 Å². The summed E-state index contributed by atoms with van der Waals surface area (Å²) in [4.78, 5) is 4.60. The molecule has 18 heavy (non-hydrogen) atoms. The number of hydrogen-bond donors (Lipinski definition) is 0. The van der Waals surface area contributed by atoms with Crippen molar-refractivity contribution in [1.82, 2.24) is 4.90 Å². The fraction of sp³-hybridized carbons (Fsp3) is 0.250. The summed E-state index contributed by atoms with van der Waals surface area (Å²) < 4.78 is 0. The van der Waals surface area contributed by atoms with Crippen molar-refractivity contribution in [1.29, 1.82) is 0 Å². The van der Waals surface area contributed by atoms with Crippen molar-refractivity contribution >= 4 is 5.69 Å². The van der Waals surface area contributed by atoms with Gasteiger partial charge in [-0.15, -0.1) is 0 Å².